The third-order valence-electron chi connectivity index (χ3n) is 30.7. The van der Waals surface area contributed by atoms with Crippen LogP contribution in [0.5, 0.6) is 0 Å². The van der Waals surface area contributed by atoms with Crippen LogP contribution in [0.2, 0.25) is 0 Å². The van der Waals surface area contributed by atoms with Crippen molar-refractivity contribution >= 4 is 64.2 Å². The number of alkyl carbamates (subject to hydrolysis) is 1. The Bertz CT molecular complexity index is 3940. The van der Waals surface area contributed by atoms with Gasteiger partial charge in [-0.05, 0) is 260 Å². The van der Waals surface area contributed by atoms with Crippen molar-refractivity contribution in [2.75, 3.05) is 112 Å². The number of likely N-dealkylation sites (tertiary alicyclic amines) is 5. The standard InChI is InChI=1S/C37H62N2O5.C17H33N4O3P.C15H32N3OP.C14H23NO4.2C9H17NO2.C7H15N5/c1-5-7-8-9-10-11-12-26-14-16-30-29-15-13-27-23-28(17-20-37(27,4)31(29)18-21-36(26,30)3)44-35(42)38-24-34(41)39-22-19-33(40)32(39)25-43-6-2;1-7-14-12-21(16(22)8-2)13-15(14)24-25(23-11-9-10-18)17(19(3)4)20(5)6;1-12(2)17(13(3)4)20(19-11-9-10-16)18(14(5)6)15(7)8;1-4-11-12(8-9-15(11)13(17)5-2)19-14(18)7-6-10(3)16;1-3-7-5-10(6-8(7)11)9(12)4-2;1-3-7-8(11)5-6-10(7)9(12)4-2;1-6(2)12(7(3)4)11-5-8-9-10-11/h13,26,28-33,40H,5-12,14-25H2,1-4H3,(H,38,42);14-15,17H,7-9,11-13H2,1-6H3;12-15H,9,11H2,1-8H3;11-12H,4-9H2,1-3H3;2*7-8,11H,3-6H2,1-2H3;5-7H,1-4H3/t26-,28?,29?,30?,31?,32+,33+,36+,37-;14-,15+,25?;;11-,12-;7-,8+;7-,8-;/m11.010./s1. The normalized spacial score (nSPS) is 26.0. The van der Waals surface area contributed by atoms with Crippen molar-refractivity contribution in [3.05, 3.63) is 18.0 Å². The lowest BCUT2D eigenvalue weighted by Gasteiger charge is -2.58. The van der Waals surface area contributed by atoms with E-state index in [1.165, 1.54) is 89.5 Å². The number of unbranched alkanes of at least 4 members (excludes halogenated alkanes) is 5. The minimum Gasteiger partial charge on any atom is -0.460 e. The number of fused-ring (bicyclic) bond motifs is 5. The lowest BCUT2D eigenvalue weighted by molar-refractivity contribution is -0.152. The molecule has 8 fully saturated rings. The second-order valence-corrected chi connectivity index (χ2v) is 46.4. The van der Waals surface area contributed by atoms with E-state index < -0.39 is 29.0 Å². The van der Waals surface area contributed by atoms with Crippen LogP contribution in [0.15, 0.2) is 18.0 Å². The molecule has 10 rings (SSSR count). The predicted molar refractivity (Wildman–Crippen MR) is 571 cm³/mol. The number of aliphatic hydroxyl groups excluding tert-OH is 3. The smallest absolute Gasteiger partial charge is 0.407 e. The van der Waals surface area contributed by atoms with Crippen LogP contribution in [0.25, 0.3) is 0 Å². The van der Waals surface area contributed by atoms with Gasteiger partial charge in [-0.2, -0.15) is 10.5 Å². The van der Waals surface area contributed by atoms with E-state index in [1.54, 1.807) is 20.9 Å². The number of tetrazole rings is 1. The molecule has 34 nitrogen and oxygen atoms in total. The molecule has 1 aromatic rings. The quantitative estimate of drug-likeness (QED) is 0.0155. The SMILES string of the molecule is CC(C)N(C(C)C)P(OCCC#N)N(C(C)C)C(C)C.CC(C)N(C(C)C)n1cnnn1.CCC(=O)N1CC[C@H](O)[C@@H]1CC.CCC(=O)N1CC[C@H](OC(=O)CCC(C)=O)[C@@H]1CC.CCC(=O)N1C[C@@H](CC)[C@@H](O)C1.CCC(=O)N1C[C@@H](CC)[C@@H](OP(OCCC#N)C(N(C)C)N(C)C)C1.CCCCCCCC[C@@H]1CCC2C3CC=C4CC(OC(=O)NCC(=O)N5CC[C@H](O)[C@@H]5COCC)CC[C@@]4(C)C3CC[C@]21C. The number of nitrogens with one attached hydrogen (secondary N) is 1. The van der Waals surface area contributed by atoms with Gasteiger partial charge in [0.05, 0.1) is 93.8 Å². The fraction of sp³-hybridized carbons (Fsp3) is 0.880. The molecule has 5 aliphatic heterocycles. The van der Waals surface area contributed by atoms with Crippen molar-refractivity contribution in [1.29, 1.82) is 10.5 Å². The lowest BCUT2D eigenvalue weighted by Crippen LogP contribution is -2.51. The molecule has 4 N–H and O–H groups in total. The average Bonchev–Trinajstić information content (AvgIpc) is 1.31. The van der Waals surface area contributed by atoms with Crippen LogP contribution in [-0.4, -0.2) is 331 Å². The highest BCUT2D eigenvalue weighted by atomic mass is 31.2. The zero-order valence-corrected chi connectivity index (χ0v) is 96.5. The van der Waals surface area contributed by atoms with E-state index in [4.69, 9.17) is 38.3 Å². The monoisotopic (exact) mass is 2070 g/mol. The topological polar surface area (TPSA) is 388 Å². The zero-order valence-electron chi connectivity index (χ0n) is 94.7. The van der Waals surface area contributed by atoms with E-state index in [-0.39, 0.29) is 121 Å². The van der Waals surface area contributed by atoms with Crippen LogP contribution in [-0.2, 0) is 61.3 Å². The van der Waals surface area contributed by atoms with Crippen LogP contribution >= 0.6 is 16.8 Å². The zero-order chi connectivity index (χ0) is 108. The number of carbonyl (C=O) groups is 8. The van der Waals surface area contributed by atoms with Crippen LogP contribution in [0.1, 0.15) is 366 Å². The van der Waals surface area contributed by atoms with Gasteiger partial charge in [-0.3, -0.25) is 43.6 Å². The fourth-order valence-electron chi connectivity index (χ4n) is 23.3. The number of amides is 6. The molecule has 18 atom stereocenters. The minimum absolute atomic E-state index is 0.0119. The molecule has 6 heterocycles. The number of aromatic nitrogens is 4. The number of allylic oxidation sites excluding steroid dienone is 1. The highest BCUT2D eigenvalue weighted by Gasteiger charge is 2.59. The molecule has 36 heteroatoms. The minimum atomic E-state index is -1.24. The third kappa shape index (κ3) is 39.5. The molecular weight excluding hydrogens is 1870 g/mol. The molecule has 828 valence electrons. The number of ketones is 1. The predicted octanol–water partition coefficient (Wildman–Crippen LogP) is 17.6. The molecule has 3 saturated carbocycles. The van der Waals surface area contributed by atoms with E-state index in [2.05, 4.69) is 174 Å². The maximum atomic E-state index is 12.8. The van der Waals surface area contributed by atoms with Crippen LogP contribution in [0.3, 0.4) is 0 Å². The molecule has 5 unspecified atom stereocenters. The number of carbonyl (C=O) groups excluding carboxylic acids is 8. The highest BCUT2D eigenvalue weighted by Crippen LogP contribution is 2.67. The van der Waals surface area contributed by atoms with Crippen molar-refractivity contribution in [2.45, 2.75) is 463 Å². The van der Waals surface area contributed by atoms with Crippen molar-refractivity contribution in [3.63, 3.8) is 0 Å². The van der Waals surface area contributed by atoms with Crippen molar-refractivity contribution in [1.82, 2.24) is 69.3 Å². The number of β-amino-alcohol motifs (C(OH)–C–C–N with tert-alkyl or cyclic N) is 1. The van der Waals surface area contributed by atoms with Crippen LogP contribution < -0.4 is 10.3 Å². The summed E-state index contributed by atoms with van der Waals surface area (Å²) in [5.74, 6) is 3.98. The number of aliphatic hydroxyl groups is 3. The first-order valence-corrected chi connectivity index (χ1v) is 57.8. The van der Waals surface area contributed by atoms with Gasteiger partial charge in [0.25, 0.3) is 0 Å². The fourth-order valence-corrected chi connectivity index (χ4v) is 27.5. The Hall–Kier alpha value is -6.23. The number of Topliss-reactive ketones (excluding diaryl/α,β-unsaturated/α-hetero) is 1. The summed E-state index contributed by atoms with van der Waals surface area (Å²) in [5, 5.41) is 62.6. The van der Waals surface area contributed by atoms with E-state index in [1.807, 2.05) is 98.3 Å². The van der Waals surface area contributed by atoms with Gasteiger partial charge in [0.1, 0.15) is 30.4 Å². The number of nitrogens with zero attached hydrogens (tertiary/aromatic N) is 16. The summed E-state index contributed by atoms with van der Waals surface area (Å²) in [5.41, 5.74) is 2.26. The Morgan fingerprint density at radius 3 is 1.58 bits per heavy atom. The van der Waals surface area contributed by atoms with Crippen molar-refractivity contribution in [2.24, 2.45) is 46.3 Å². The van der Waals surface area contributed by atoms with Gasteiger partial charge in [-0.15, -0.1) is 9.89 Å². The molecule has 0 aromatic carbocycles. The number of rotatable bonds is 45. The van der Waals surface area contributed by atoms with E-state index in [0.29, 0.717) is 157 Å². The summed E-state index contributed by atoms with van der Waals surface area (Å²) >= 11 is 0. The molecule has 0 radical (unpaired) electrons. The maximum absolute atomic E-state index is 12.8. The maximum Gasteiger partial charge on any atom is 0.407 e. The van der Waals surface area contributed by atoms with Gasteiger partial charge < -0.3 is 77.7 Å². The number of ether oxygens (including phenoxy) is 3. The van der Waals surface area contributed by atoms with E-state index in [0.717, 1.165) is 94.7 Å². The summed E-state index contributed by atoms with van der Waals surface area (Å²) in [7, 11) is 5.90. The van der Waals surface area contributed by atoms with Crippen LogP contribution in [0.4, 0.5) is 4.79 Å². The molecule has 144 heavy (non-hydrogen) atoms. The molecule has 4 aliphatic carbocycles. The van der Waals surface area contributed by atoms with Gasteiger partial charge in [-0.25, -0.2) is 14.1 Å². The van der Waals surface area contributed by atoms with Gasteiger partial charge in [-0.1, -0.05) is 126 Å². The van der Waals surface area contributed by atoms with E-state index in [9.17, 15) is 53.7 Å². The average molecular weight is 2070 g/mol. The summed E-state index contributed by atoms with van der Waals surface area (Å²) in [6.07, 6.45) is 30.2. The number of esters is 1. The van der Waals surface area contributed by atoms with Gasteiger partial charge in [0, 0.05) is 145 Å². The number of nitriles is 2. The Kier molecular flexibility index (Phi) is 60.6. The van der Waals surface area contributed by atoms with Gasteiger partial charge in [0.15, 0.2) is 14.8 Å². The first-order chi connectivity index (χ1) is 68.3. The largest absolute Gasteiger partial charge is 0.460 e. The van der Waals surface area contributed by atoms with Gasteiger partial charge >= 0.3 is 12.1 Å². The molecule has 5 saturated heterocycles. The molecular formula is C108H199N17O17P2. The molecule has 0 spiro atoms. The molecule has 1 aromatic heterocycles. The van der Waals surface area contributed by atoms with E-state index >= 15 is 0 Å². The second-order valence-electron chi connectivity index (χ2n) is 43.2. The lowest BCUT2D eigenvalue weighted by atomic mass is 9.47. The van der Waals surface area contributed by atoms with Crippen LogP contribution in [0, 0.1) is 69.0 Å². The van der Waals surface area contributed by atoms with Crippen molar-refractivity contribution in [3.8, 4) is 12.1 Å². The molecule has 9 aliphatic rings. The summed E-state index contributed by atoms with van der Waals surface area (Å²) < 4.78 is 40.2. The summed E-state index contributed by atoms with van der Waals surface area (Å²) in [6, 6.07) is 6.44. The first-order valence-electron chi connectivity index (χ1n) is 55.4. The Morgan fingerprint density at radius 1 is 0.556 bits per heavy atom. The first kappa shape index (κ1) is 130. The summed E-state index contributed by atoms with van der Waals surface area (Å²) in [6.45, 7) is 58.7. The highest BCUT2D eigenvalue weighted by molar-refractivity contribution is 7.48. The Balaban J connectivity index is 0.000000373. The molecule has 0 bridgehead atoms. The number of hydrogen-bond donors (Lipinski definition) is 4. The van der Waals surface area contributed by atoms with Crippen molar-refractivity contribution < 1.29 is 81.5 Å². The Labute approximate surface area is 871 Å². The number of hydrogen-bond acceptors (Lipinski definition) is 27. The van der Waals surface area contributed by atoms with Gasteiger partial charge in [0.2, 0.25) is 37.9 Å². The third-order valence-corrected chi connectivity index (χ3v) is 35.9. The second kappa shape index (κ2) is 67.1. The Morgan fingerprint density at radius 2 is 1.08 bits per heavy atom. The molecule has 6 amide bonds. The summed E-state index contributed by atoms with van der Waals surface area (Å²) in [4.78, 5) is 109.